The molecule has 2 aromatic carbocycles. The van der Waals surface area contributed by atoms with Crippen molar-refractivity contribution in [2.45, 2.75) is 13.0 Å². The van der Waals surface area contributed by atoms with Crippen LogP contribution in [0.3, 0.4) is 0 Å². The molecule has 1 aromatic heterocycles. The lowest BCUT2D eigenvalue weighted by molar-refractivity contribution is -0.113. The van der Waals surface area contributed by atoms with Crippen molar-refractivity contribution in [2.24, 2.45) is 0 Å². The molecule has 2 N–H and O–H groups in total. The molecular weight excluding hydrogens is 462 g/mol. The van der Waals surface area contributed by atoms with E-state index in [4.69, 9.17) is 25.8 Å². The van der Waals surface area contributed by atoms with Crippen LogP contribution in [0, 0.1) is 0 Å². The maximum absolute atomic E-state index is 13.6. The molecule has 1 aliphatic rings. The molecule has 10 nitrogen and oxygen atoms in total. The number of rotatable bonds is 6. The van der Waals surface area contributed by atoms with Crippen LogP contribution in [0.15, 0.2) is 54.0 Å². The summed E-state index contributed by atoms with van der Waals surface area (Å²) in [5.41, 5.74) is 2.51. The predicted octanol–water partition coefficient (Wildman–Crippen LogP) is 3.66. The summed E-state index contributed by atoms with van der Waals surface area (Å²) in [7, 11) is 4.28. The molecule has 1 atom stereocenters. The van der Waals surface area contributed by atoms with Crippen LogP contribution in [0.5, 0.6) is 11.5 Å². The van der Waals surface area contributed by atoms with Gasteiger partial charge in [-0.2, -0.15) is 10.1 Å². The lowest BCUT2D eigenvalue weighted by atomic mass is 9.94. The highest BCUT2D eigenvalue weighted by atomic mass is 35.5. The molecular formula is C23H22ClN5O5. The van der Waals surface area contributed by atoms with E-state index in [0.29, 0.717) is 45.0 Å². The Hall–Kier alpha value is -4.05. The number of benzene rings is 2. The fourth-order valence-electron chi connectivity index (χ4n) is 3.76. The molecule has 3 aromatic rings. The zero-order valence-corrected chi connectivity index (χ0v) is 19.6. The van der Waals surface area contributed by atoms with Crippen LogP contribution in [0.25, 0.3) is 0 Å². The highest BCUT2D eigenvalue weighted by Gasteiger charge is 2.34. The van der Waals surface area contributed by atoms with Gasteiger partial charge in [0, 0.05) is 17.8 Å². The number of hydrogen-bond acceptors (Lipinski definition) is 8. The average Bonchev–Trinajstić information content (AvgIpc) is 3.31. The van der Waals surface area contributed by atoms with Gasteiger partial charge < -0.3 is 24.8 Å². The first kappa shape index (κ1) is 23.1. The van der Waals surface area contributed by atoms with Crippen LogP contribution in [0.4, 0.5) is 11.6 Å². The van der Waals surface area contributed by atoms with Gasteiger partial charge in [-0.05, 0) is 24.6 Å². The van der Waals surface area contributed by atoms with Crippen molar-refractivity contribution in [3.63, 3.8) is 0 Å². The van der Waals surface area contributed by atoms with E-state index in [9.17, 15) is 9.59 Å². The Morgan fingerprint density at radius 2 is 1.79 bits per heavy atom. The second kappa shape index (κ2) is 9.44. The number of allylic oxidation sites excluding steroid dienone is 1. The van der Waals surface area contributed by atoms with Crippen LogP contribution in [-0.2, 0) is 9.53 Å². The summed E-state index contributed by atoms with van der Waals surface area (Å²) in [4.78, 5) is 29.7. The molecule has 0 saturated heterocycles. The third-order valence-corrected chi connectivity index (χ3v) is 5.70. The monoisotopic (exact) mass is 483 g/mol. The Labute approximate surface area is 200 Å². The summed E-state index contributed by atoms with van der Waals surface area (Å²) < 4.78 is 17.0. The quantitative estimate of drug-likeness (QED) is 0.510. The number of fused-ring (bicyclic) bond motifs is 1. The molecule has 34 heavy (non-hydrogen) atoms. The van der Waals surface area contributed by atoms with Crippen molar-refractivity contribution in [3.05, 3.63) is 70.1 Å². The Morgan fingerprint density at radius 3 is 2.44 bits per heavy atom. The smallest absolute Gasteiger partial charge is 0.337 e. The van der Waals surface area contributed by atoms with Gasteiger partial charge in [0.1, 0.15) is 23.9 Å². The fourth-order valence-corrected chi connectivity index (χ4v) is 3.99. The highest BCUT2D eigenvalue weighted by Crippen LogP contribution is 2.38. The molecule has 0 radical (unpaired) electrons. The number of amides is 1. The molecule has 0 saturated carbocycles. The molecule has 0 spiro atoms. The van der Waals surface area contributed by atoms with Crippen LogP contribution in [-0.4, -0.2) is 48.0 Å². The Morgan fingerprint density at radius 1 is 1.09 bits per heavy atom. The number of carbonyl (C=O) groups excluding carboxylic acids is 2. The summed E-state index contributed by atoms with van der Waals surface area (Å²) in [6.07, 6.45) is 1.40. The Kier molecular flexibility index (Phi) is 6.42. The van der Waals surface area contributed by atoms with E-state index in [1.807, 2.05) is 0 Å². The van der Waals surface area contributed by atoms with E-state index in [1.54, 1.807) is 48.0 Å². The number of methoxy groups -OCH3 is 3. The maximum Gasteiger partial charge on any atom is 0.337 e. The van der Waals surface area contributed by atoms with Crippen LogP contribution < -0.4 is 20.1 Å². The number of carbonyl (C=O) groups is 2. The van der Waals surface area contributed by atoms with Gasteiger partial charge in [-0.25, -0.2) is 9.48 Å². The van der Waals surface area contributed by atoms with Crippen LogP contribution in [0.2, 0.25) is 5.02 Å². The zero-order valence-electron chi connectivity index (χ0n) is 18.9. The minimum Gasteiger partial charge on any atom is -0.495 e. The van der Waals surface area contributed by atoms with Gasteiger partial charge in [0.05, 0.1) is 43.2 Å². The Bertz CT molecular complexity index is 1290. The minimum atomic E-state index is -0.606. The van der Waals surface area contributed by atoms with Crippen molar-refractivity contribution < 1.29 is 23.8 Å². The number of anilines is 2. The third kappa shape index (κ3) is 4.15. The van der Waals surface area contributed by atoms with Gasteiger partial charge in [0.2, 0.25) is 5.95 Å². The number of hydrogen-bond donors (Lipinski definition) is 2. The largest absolute Gasteiger partial charge is 0.495 e. The third-order valence-electron chi connectivity index (χ3n) is 5.41. The van der Waals surface area contributed by atoms with Crippen molar-refractivity contribution >= 4 is 35.1 Å². The lowest BCUT2D eigenvalue weighted by Gasteiger charge is -2.29. The molecule has 1 aliphatic heterocycles. The molecule has 1 amide bonds. The number of esters is 1. The van der Waals surface area contributed by atoms with Crippen molar-refractivity contribution in [3.8, 4) is 11.5 Å². The minimum absolute atomic E-state index is 0.350. The summed E-state index contributed by atoms with van der Waals surface area (Å²) in [6.45, 7) is 1.78. The lowest BCUT2D eigenvalue weighted by Crippen LogP contribution is -2.31. The average molecular weight is 484 g/mol. The standard InChI is InChI=1S/C23H22ClN5O5/c1-12-19(21(30)28-16-10-17(32-2)15(24)9-18(16)33-3)20(29-23(27-12)25-11-26-29)13-5-7-14(8-6-13)22(31)34-4/h5-11,20H,1-4H3,(H,28,30)(H,25,26,27)/t20-/m1/s1. The zero-order chi connectivity index (χ0) is 24.4. The number of ether oxygens (including phenoxy) is 3. The second-order valence-electron chi connectivity index (χ2n) is 7.35. The molecule has 0 unspecified atom stereocenters. The summed E-state index contributed by atoms with van der Waals surface area (Å²) >= 11 is 6.19. The van der Waals surface area contributed by atoms with Crippen molar-refractivity contribution in [2.75, 3.05) is 32.0 Å². The highest BCUT2D eigenvalue weighted by molar-refractivity contribution is 6.32. The predicted molar refractivity (Wildman–Crippen MR) is 125 cm³/mol. The Balaban J connectivity index is 1.75. The van der Waals surface area contributed by atoms with E-state index in [1.165, 1.54) is 27.7 Å². The van der Waals surface area contributed by atoms with Gasteiger partial charge >= 0.3 is 5.97 Å². The van der Waals surface area contributed by atoms with Crippen molar-refractivity contribution in [1.29, 1.82) is 0 Å². The van der Waals surface area contributed by atoms with E-state index < -0.39 is 17.9 Å². The summed E-state index contributed by atoms with van der Waals surface area (Å²) in [5, 5.41) is 10.7. The number of aromatic nitrogens is 3. The van der Waals surface area contributed by atoms with Gasteiger partial charge in [-0.1, -0.05) is 23.7 Å². The van der Waals surface area contributed by atoms with E-state index in [-0.39, 0.29) is 0 Å². The molecule has 11 heteroatoms. The first-order valence-corrected chi connectivity index (χ1v) is 10.5. The topological polar surface area (TPSA) is 117 Å². The van der Waals surface area contributed by atoms with Gasteiger partial charge in [0.15, 0.2) is 0 Å². The number of halogens is 1. The summed E-state index contributed by atoms with van der Waals surface area (Å²) in [5.74, 6) is 0.407. The maximum atomic E-state index is 13.6. The molecule has 0 aliphatic carbocycles. The van der Waals surface area contributed by atoms with Crippen molar-refractivity contribution in [1.82, 2.24) is 14.8 Å². The molecule has 4 rings (SSSR count). The van der Waals surface area contributed by atoms with Gasteiger partial charge in [-0.3, -0.25) is 4.79 Å². The number of nitrogens with zero attached hydrogens (tertiary/aromatic N) is 3. The first-order chi connectivity index (χ1) is 16.4. The van der Waals surface area contributed by atoms with Gasteiger partial charge in [0.25, 0.3) is 5.91 Å². The number of nitrogens with one attached hydrogen (secondary N) is 2. The second-order valence-corrected chi connectivity index (χ2v) is 7.76. The van der Waals surface area contributed by atoms with Gasteiger partial charge in [-0.15, -0.1) is 0 Å². The molecule has 176 valence electrons. The van der Waals surface area contributed by atoms with E-state index in [0.717, 1.165) is 5.56 Å². The molecule has 0 bridgehead atoms. The summed E-state index contributed by atoms with van der Waals surface area (Å²) in [6, 6.07) is 9.32. The van der Waals surface area contributed by atoms with E-state index >= 15 is 0 Å². The first-order valence-electron chi connectivity index (χ1n) is 10.2. The normalized spacial score (nSPS) is 14.7. The van der Waals surface area contributed by atoms with Crippen LogP contribution in [0.1, 0.15) is 28.9 Å². The molecule has 0 fully saturated rings. The molecule has 2 heterocycles. The fraction of sp³-hybridized carbons (Fsp3) is 0.217. The van der Waals surface area contributed by atoms with E-state index in [2.05, 4.69) is 20.7 Å². The SMILES string of the molecule is COC(=O)c1ccc([C@@H]2C(C(=O)Nc3cc(OC)c(Cl)cc3OC)=C(C)Nc3ncnn32)cc1. The van der Waals surface area contributed by atoms with Crippen LogP contribution >= 0.6 is 11.6 Å².